The van der Waals surface area contributed by atoms with Crippen molar-refractivity contribution in [1.29, 1.82) is 0 Å². The van der Waals surface area contributed by atoms with Gasteiger partial charge in [-0.2, -0.15) is 0 Å². The molecule has 2 N–H and O–H groups in total. The summed E-state index contributed by atoms with van der Waals surface area (Å²) in [6.07, 6.45) is 15.6. The number of unbranched alkanes of at least 4 members (excludes halogenated alkanes) is 7. The fourth-order valence-corrected chi connectivity index (χ4v) is 3.33. The molecule has 0 aromatic heterocycles. The third-order valence-electron chi connectivity index (χ3n) is 4.80. The van der Waals surface area contributed by atoms with Crippen LogP contribution in [0.5, 0.6) is 0 Å². The Kier molecular flexibility index (Phi) is 8.36. The molecule has 112 valence electrons. The molecule has 1 fully saturated rings. The molecular weight excluding hydrogens is 234 g/mol. The van der Waals surface area contributed by atoms with Crippen molar-refractivity contribution in [2.45, 2.75) is 90.4 Å². The number of Topliss-reactive ketones (excluding diaryl/α,β-unsaturated/α-hetero) is 1. The van der Waals surface area contributed by atoms with Gasteiger partial charge in [0, 0.05) is 18.4 Å². The Morgan fingerprint density at radius 3 is 2.00 bits per heavy atom. The first-order valence-corrected chi connectivity index (χ1v) is 8.48. The minimum Gasteiger partial charge on any atom is -0.329 e. The molecule has 1 saturated carbocycles. The first-order valence-electron chi connectivity index (χ1n) is 8.48. The van der Waals surface area contributed by atoms with Crippen molar-refractivity contribution in [2.24, 2.45) is 11.1 Å². The lowest BCUT2D eigenvalue weighted by Crippen LogP contribution is -2.35. The smallest absolute Gasteiger partial charge is 0.140 e. The maximum Gasteiger partial charge on any atom is 0.140 e. The number of hydrogen-bond acceptors (Lipinski definition) is 2. The quantitative estimate of drug-likeness (QED) is 0.556. The highest BCUT2D eigenvalue weighted by Gasteiger charge is 2.38. The lowest BCUT2D eigenvalue weighted by Gasteiger charge is -2.25. The summed E-state index contributed by atoms with van der Waals surface area (Å²) in [5.41, 5.74) is 5.72. The van der Waals surface area contributed by atoms with Gasteiger partial charge in [-0.15, -0.1) is 0 Å². The molecule has 0 aromatic carbocycles. The van der Waals surface area contributed by atoms with Gasteiger partial charge in [-0.25, -0.2) is 0 Å². The van der Waals surface area contributed by atoms with Gasteiger partial charge in [-0.1, -0.05) is 64.7 Å². The van der Waals surface area contributed by atoms with Crippen molar-refractivity contribution < 1.29 is 4.79 Å². The summed E-state index contributed by atoms with van der Waals surface area (Å²) in [4.78, 5) is 12.3. The molecule has 0 saturated heterocycles. The molecule has 0 aromatic rings. The highest BCUT2D eigenvalue weighted by molar-refractivity contribution is 5.85. The Labute approximate surface area is 119 Å². The van der Waals surface area contributed by atoms with Crippen LogP contribution in [0.25, 0.3) is 0 Å². The van der Waals surface area contributed by atoms with Gasteiger partial charge in [0.2, 0.25) is 0 Å². The average molecular weight is 267 g/mol. The first-order chi connectivity index (χ1) is 9.25. The van der Waals surface area contributed by atoms with Gasteiger partial charge in [0.05, 0.1) is 0 Å². The summed E-state index contributed by atoms with van der Waals surface area (Å²) >= 11 is 0. The van der Waals surface area contributed by atoms with Gasteiger partial charge >= 0.3 is 0 Å². The van der Waals surface area contributed by atoms with Crippen LogP contribution in [-0.2, 0) is 4.79 Å². The molecule has 1 aliphatic rings. The second kappa shape index (κ2) is 9.52. The van der Waals surface area contributed by atoms with E-state index in [9.17, 15) is 4.79 Å². The molecule has 0 spiro atoms. The molecule has 0 bridgehead atoms. The number of ketones is 1. The lowest BCUT2D eigenvalue weighted by atomic mass is 9.79. The molecule has 0 aliphatic heterocycles. The monoisotopic (exact) mass is 267 g/mol. The summed E-state index contributed by atoms with van der Waals surface area (Å²) in [7, 11) is 0. The molecule has 19 heavy (non-hydrogen) atoms. The molecule has 1 rings (SSSR count). The minimum absolute atomic E-state index is 0.124. The van der Waals surface area contributed by atoms with E-state index in [2.05, 4.69) is 6.92 Å². The Morgan fingerprint density at radius 2 is 1.47 bits per heavy atom. The van der Waals surface area contributed by atoms with E-state index in [-0.39, 0.29) is 5.41 Å². The number of hydrogen-bond donors (Lipinski definition) is 1. The van der Waals surface area contributed by atoms with Gasteiger partial charge < -0.3 is 5.73 Å². The van der Waals surface area contributed by atoms with Crippen molar-refractivity contribution in [1.82, 2.24) is 0 Å². The minimum atomic E-state index is -0.124. The molecule has 0 atom stereocenters. The van der Waals surface area contributed by atoms with Gasteiger partial charge in [0.25, 0.3) is 0 Å². The fraction of sp³-hybridized carbons (Fsp3) is 0.941. The zero-order valence-corrected chi connectivity index (χ0v) is 12.9. The van der Waals surface area contributed by atoms with Crippen LogP contribution in [0.2, 0.25) is 0 Å². The van der Waals surface area contributed by atoms with Crippen LogP contribution < -0.4 is 5.73 Å². The molecule has 0 heterocycles. The van der Waals surface area contributed by atoms with Crippen LogP contribution in [0, 0.1) is 5.41 Å². The zero-order valence-electron chi connectivity index (χ0n) is 12.9. The Morgan fingerprint density at radius 1 is 0.947 bits per heavy atom. The number of nitrogens with two attached hydrogens (primary N) is 1. The third kappa shape index (κ3) is 5.64. The summed E-state index contributed by atoms with van der Waals surface area (Å²) < 4.78 is 0. The van der Waals surface area contributed by atoms with Gasteiger partial charge in [0.15, 0.2) is 0 Å². The molecule has 2 nitrogen and oxygen atoms in total. The van der Waals surface area contributed by atoms with E-state index < -0.39 is 0 Å². The zero-order chi connectivity index (χ0) is 14.0. The maximum absolute atomic E-state index is 12.3. The van der Waals surface area contributed by atoms with Crippen LogP contribution >= 0.6 is 0 Å². The standard InChI is InChI=1S/C17H33NO/c1-2-3-4-5-6-7-8-9-12-16(19)17(15-18)13-10-11-14-17/h2-15,18H2,1H3. The van der Waals surface area contributed by atoms with E-state index in [1.807, 2.05) is 0 Å². The normalized spacial score (nSPS) is 17.8. The molecular formula is C17H33NO. The van der Waals surface area contributed by atoms with Crippen molar-refractivity contribution in [3.05, 3.63) is 0 Å². The van der Waals surface area contributed by atoms with Crippen LogP contribution in [0.1, 0.15) is 90.4 Å². The molecule has 0 unspecified atom stereocenters. The fourth-order valence-electron chi connectivity index (χ4n) is 3.33. The van der Waals surface area contributed by atoms with E-state index in [0.717, 1.165) is 25.7 Å². The second-order valence-corrected chi connectivity index (χ2v) is 6.34. The highest BCUT2D eigenvalue weighted by Crippen LogP contribution is 2.39. The van der Waals surface area contributed by atoms with Gasteiger partial charge in [-0.05, 0) is 19.3 Å². The first kappa shape index (κ1) is 16.7. The van der Waals surface area contributed by atoms with Crippen LogP contribution in [0.15, 0.2) is 0 Å². The SMILES string of the molecule is CCCCCCCCCCC(=O)C1(CN)CCCC1. The predicted molar refractivity (Wildman–Crippen MR) is 82.2 cm³/mol. The van der Waals surface area contributed by atoms with Crippen molar-refractivity contribution in [3.8, 4) is 0 Å². The van der Waals surface area contributed by atoms with E-state index in [1.165, 1.54) is 57.8 Å². The van der Waals surface area contributed by atoms with E-state index in [1.54, 1.807) is 0 Å². The summed E-state index contributed by atoms with van der Waals surface area (Å²) in [6, 6.07) is 0. The topological polar surface area (TPSA) is 43.1 Å². The van der Waals surface area contributed by atoms with Crippen LogP contribution in [-0.4, -0.2) is 12.3 Å². The van der Waals surface area contributed by atoms with E-state index >= 15 is 0 Å². The largest absolute Gasteiger partial charge is 0.329 e. The molecule has 0 radical (unpaired) electrons. The van der Waals surface area contributed by atoms with Crippen molar-refractivity contribution >= 4 is 5.78 Å². The average Bonchev–Trinajstić information content (AvgIpc) is 2.91. The number of carbonyl (C=O) groups excluding carboxylic acids is 1. The number of carbonyl (C=O) groups is 1. The maximum atomic E-state index is 12.3. The van der Waals surface area contributed by atoms with Crippen LogP contribution in [0.3, 0.4) is 0 Å². The lowest BCUT2D eigenvalue weighted by molar-refractivity contribution is -0.128. The third-order valence-corrected chi connectivity index (χ3v) is 4.80. The van der Waals surface area contributed by atoms with Crippen LogP contribution in [0.4, 0.5) is 0 Å². The Hall–Kier alpha value is -0.370. The summed E-state index contributed by atoms with van der Waals surface area (Å²) in [6.45, 7) is 2.82. The second-order valence-electron chi connectivity index (χ2n) is 6.34. The van der Waals surface area contributed by atoms with E-state index in [0.29, 0.717) is 12.3 Å². The van der Waals surface area contributed by atoms with E-state index in [4.69, 9.17) is 5.73 Å². The molecule has 2 heteroatoms. The number of rotatable bonds is 11. The summed E-state index contributed by atoms with van der Waals surface area (Å²) in [5, 5.41) is 0. The van der Waals surface area contributed by atoms with Crippen molar-refractivity contribution in [2.75, 3.05) is 6.54 Å². The predicted octanol–water partition coefficient (Wildman–Crippen LogP) is 4.61. The Bertz CT molecular complexity index is 244. The summed E-state index contributed by atoms with van der Waals surface area (Å²) in [5.74, 6) is 0.457. The van der Waals surface area contributed by atoms with Gasteiger partial charge in [0.1, 0.15) is 5.78 Å². The molecule has 0 amide bonds. The molecule has 1 aliphatic carbocycles. The highest BCUT2D eigenvalue weighted by atomic mass is 16.1. The van der Waals surface area contributed by atoms with Crippen molar-refractivity contribution in [3.63, 3.8) is 0 Å². The van der Waals surface area contributed by atoms with Gasteiger partial charge in [-0.3, -0.25) is 4.79 Å². The Balaban J connectivity index is 2.04.